The zero-order valence-electron chi connectivity index (χ0n) is 10.3. The van der Waals surface area contributed by atoms with E-state index in [1.807, 2.05) is 0 Å². The lowest BCUT2D eigenvalue weighted by atomic mass is 9.83. The van der Waals surface area contributed by atoms with Crippen LogP contribution < -0.4 is 5.32 Å². The molecule has 17 heavy (non-hydrogen) atoms. The molecular formula is C11H21F2NO2S. The van der Waals surface area contributed by atoms with Crippen LogP contribution in [0, 0.1) is 5.92 Å². The number of sulfone groups is 1. The maximum Gasteiger partial charge on any atom is 0.253 e. The molecule has 1 aliphatic rings. The lowest BCUT2D eigenvalue weighted by Gasteiger charge is -2.33. The van der Waals surface area contributed by atoms with Gasteiger partial charge in [0.2, 0.25) is 0 Å². The second kappa shape index (κ2) is 6.09. The van der Waals surface area contributed by atoms with Crippen molar-refractivity contribution in [3.8, 4) is 0 Å². The molecule has 1 N–H and O–H groups in total. The number of rotatable bonds is 5. The molecular weight excluding hydrogens is 248 g/mol. The summed E-state index contributed by atoms with van der Waals surface area (Å²) in [5, 5.41) is 2.34. The first-order chi connectivity index (χ1) is 7.86. The van der Waals surface area contributed by atoms with Crippen LogP contribution in [-0.4, -0.2) is 38.9 Å². The highest BCUT2D eigenvalue weighted by atomic mass is 32.2. The largest absolute Gasteiger partial charge is 0.309 e. The molecule has 3 atom stereocenters. The van der Waals surface area contributed by atoms with Crippen molar-refractivity contribution >= 4 is 9.84 Å². The number of hydrogen-bond donors (Lipinski definition) is 1. The van der Waals surface area contributed by atoms with E-state index in [4.69, 9.17) is 0 Å². The summed E-state index contributed by atoms with van der Waals surface area (Å²) in [7, 11) is -3.11. The fourth-order valence-corrected chi connectivity index (χ4v) is 3.78. The van der Waals surface area contributed by atoms with Gasteiger partial charge in [0.1, 0.15) is 9.84 Å². The number of alkyl halides is 2. The summed E-state index contributed by atoms with van der Waals surface area (Å²) < 4.78 is 48.7. The molecule has 1 saturated carbocycles. The first-order valence-electron chi connectivity index (χ1n) is 6.06. The maximum absolute atomic E-state index is 12.9. The zero-order valence-corrected chi connectivity index (χ0v) is 11.1. The predicted octanol–water partition coefficient (Wildman–Crippen LogP) is 1.83. The van der Waals surface area contributed by atoms with Crippen molar-refractivity contribution in [2.45, 2.75) is 50.3 Å². The van der Waals surface area contributed by atoms with Crippen LogP contribution in [0.15, 0.2) is 0 Å². The fraction of sp³-hybridized carbons (Fsp3) is 1.00. The highest BCUT2D eigenvalue weighted by Gasteiger charge is 2.36. The third-order valence-electron chi connectivity index (χ3n) is 3.49. The number of halogens is 2. The van der Waals surface area contributed by atoms with Crippen molar-refractivity contribution in [2.75, 3.05) is 12.8 Å². The molecule has 0 heterocycles. The minimum Gasteiger partial charge on any atom is -0.309 e. The van der Waals surface area contributed by atoms with Crippen LogP contribution in [0.1, 0.15) is 32.6 Å². The Morgan fingerprint density at radius 2 is 2.00 bits per heavy atom. The molecule has 0 radical (unpaired) electrons. The quantitative estimate of drug-likeness (QED) is 0.828. The van der Waals surface area contributed by atoms with Crippen LogP contribution >= 0.6 is 0 Å². The summed E-state index contributed by atoms with van der Waals surface area (Å²) in [6.07, 6.45) is 1.15. The highest BCUT2D eigenvalue weighted by molar-refractivity contribution is 7.91. The van der Waals surface area contributed by atoms with Gasteiger partial charge in [-0.25, -0.2) is 17.2 Å². The molecule has 1 rings (SSSR count). The third kappa shape index (κ3) is 4.17. The van der Waals surface area contributed by atoms with Crippen LogP contribution in [0.2, 0.25) is 0 Å². The van der Waals surface area contributed by atoms with Crippen LogP contribution in [0.5, 0.6) is 0 Å². The van der Waals surface area contributed by atoms with E-state index < -0.39 is 27.6 Å². The topological polar surface area (TPSA) is 46.2 Å². The van der Waals surface area contributed by atoms with Gasteiger partial charge in [-0.3, -0.25) is 0 Å². The van der Waals surface area contributed by atoms with Crippen molar-refractivity contribution in [1.82, 2.24) is 5.32 Å². The lowest BCUT2D eigenvalue weighted by molar-refractivity contribution is 0.0590. The van der Waals surface area contributed by atoms with E-state index in [0.29, 0.717) is 25.8 Å². The molecule has 0 bridgehead atoms. The molecule has 1 fully saturated rings. The van der Waals surface area contributed by atoms with E-state index in [2.05, 4.69) is 5.32 Å². The molecule has 0 saturated heterocycles. The molecule has 0 aromatic heterocycles. The minimum atomic E-state index is -3.11. The van der Waals surface area contributed by atoms with E-state index in [0.717, 1.165) is 6.42 Å². The monoisotopic (exact) mass is 269 g/mol. The normalized spacial score (nSPS) is 28.3. The van der Waals surface area contributed by atoms with Gasteiger partial charge in [-0.05, 0) is 31.7 Å². The molecule has 0 spiro atoms. The summed E-state index contributed by atoms with van der Waals surface area (Å²) in [5.74, 6) is -0.233. The van der Waals surface area contributed by atoms with Gasteiger partial charge < -0.3 is 5.32 Å². The fourth-order valence-electron chi connectivity index (χ4n) is 2.59. The molecule has 0 aromatic rings. The summed E-state index contributed by atoms with van der Waals surface area (Å²) in [6.45, 7) is 2.27. The predicted molar refractivity (Wildman–Crippen MR) is 64.1 cm³/mol. The number of hydrogen-bond acceptors (Lipinski definition) is 3. The summed E-state index contributed by atoms with van der Waals surface area (Å²) in [4.78, 5) is 0. The van der Waals surface area contributed by atoms with Gasteiger partial charge >= 0.3 is 0 Å². The van der Waals surface area contributed by atoms with Crippen LogP contribution in [-0.2, 0) is 9.84 Å². The Morgan fingerprint density at radius 1 is 1.35 bits per heavy atom. The zero-order chi connectivity index (χ0) is 13.1. The van der Waals surface area contributed by atoms with Gasteiger partial charge in [0.05, 0.1) is 11.3 Å². The van der Waals surface area contributed by atoms with Gasteiger partial charge in [0.15, 0.2) is 0 Å². The SMILES string of the molecule is CCNC(C(F)F)C1CCCC(S(C)(=O)=O)C1. The Morgan fingerprint density at radius 3 is 2.47 bits per heavy atom. The highest BCUT2D eigenvalue weighted by Crippen LogP contribution is 2.32. The molecule has 0 aromatic carbocycles. The molecule has 102 valence electrons. The molecule has 3 unspecified atom stereocenters. The van der Waals surface area contributed by atoms with Crippen LogP contribution in [0.4, 0.5) is 8.78 Å². The number of nitrogens with one attached hydrogen (secondary N) is 1. The van der Waals surface area contributed by atoms with Crippen LogP contribution in [0.3, 0.4) is 0 Å². The van der Waals surface area contributed by atoms with Gasteiger partial charge in [-0.15, -0.1) is 0 Å². The van der Waals surface area contributed by atoms with E-state index in [1.54, 1.807) is 6.92 Å². The van der Waals surface area contributed by atoms with Gasteiger partial charge in [-0.2, -0.15) is 0 Å². The van der Waals surface area contributed by atoms with Crippen molar-refractivity contribution in [3.05, 3.63) is 0 Å². The van der Waals surface area contributed by atoms with E-state index in [1.165, 1.54) is 6.26 Å². The molecule has 0 aliphatic heterocycles. The minimum absolute atomic E-state index is 0.233. The maximum atomic E-state index is 12.9. The molecule has 0 amide bonds. The molecule has 3 nitrogen and oxygen atoms in total. The smallest absolute Gasteiger partial charge is 0.253 e. The summed E-state index contributed by atoms with van der Waals surface area (Å²) in [5.41, 5.74) is 0. The van der Waals surface area contributed by atoms with Crippen molar-refractivity contribution in [3.63, 3.8) is 0 Å². The van der Waals surface area contributed by atoms with E-state index in [9.17, 15) is 17.2 Å². The van der Waals surface area contributed by atoms with Gasteiger partial charge in [0.25, 0.3) is 6.43 Å². The molecule has 6 heteroatoms. The Hall–Kier alpha value is -0.230. The Kier molecular flexibility index (Phi) is 5.31. The Labute approximate surface area is 102 Å². The second-order valence-electron chi connectivity index (χ2n) is 4.80. The van der Waals surface area contributed by atoms with Gasteiger partial charge in [-0.1, -0.05) is 13.3 Å². The van der Waals surface area contributed by atoms with Crippen molar-refractivity contribution in [2.24, 2.45) is 5.92 Å². The lowest BCUT2D eigenvalue weighted by Crippen LogP contribution is -2.45. The Balaban J connectivity index is 2.70. The van der Waals surface area contributed by atoms with Gasteiger partial charge in [0, 0.05) is 6.26 Å². The summed E-state index contributed by atoms with van der Waals surface area (Å²) in [6, 6.07) is -0.871. The third-order valence-corrected chi connectivity index (χ3v) is 5.13. The first kappa shape index (κ1) is 14.8. The average molecular weight is 269 g/mol. The Bertz CT molecular complexity index is 332. The van der Waals surface area contributed by atoms with E-state index in [-0.39, 0.29) is 5.92 Å². The molecule has 1 aliphatic carbocycles. The second-order valence-corrected chi connectivity index (χ2v) is 7.12. The first-order valence-corrected chi connectivity index (χ1v) is 8.02. The van der Waals surface area contributed by atoms with Crippen LogP contribution in [0.25, 0.3) is 0 Å². The standard InChI is InChI=1S/C11H21F2NO2S/c1-3-14-10(11(12)13)8-5-4-6-9(7-8)17(2,15)16/h8-11,14H,3-7H2,1-2H3. The summed E-state index contributed by atoms with van der Waals surface area (Å²) >= 11 is 0. The van der Waals surface area contributed by atoms with E-state index >= 15 is 0 Å². The average Bonchev–Trinajstić information content (AvgIpc) is 2.24. The van der Waals surface area contributed by atoms with Crippen molar-refractivity contribution in [1.29, 1.82) is 0 Å². The van der Waals surface area contributed by atoms with Crippen molar-refractivity contribution < 1.29 is 17.2 Å².